The highest BCUT2D eigenvalue weighted by Crippen LogP contribution is 2.42. The van der Waals surface area contributed by atoms with E-state index < -0.39 is 0 Å². The number of hydrogen-bond acceptors (Lipinski definition) is 6. The van der Waals surface area contributed by atoms with Crippen LogP contribution in [0.5, 0.6) is 11.5 Å². The number of amides is 1. The molecule has 2 aromatic carbocycles. The van der Waals surface area contributed by atoms with Crippen molar-refractivity contribution in [2.75, 3.05) is 53.7 Å². The number of hydrogen-bond donors (Lipinski definition) is 1. The SMILES string of the molecule is CN(C)CC#Cc1ccc([C@@H]2[C@@H](CO)N3CCCCN(C(=O)c4ccc5c(c4)OCO5)C[C@H]23)cc1. The molecule has 2 fully saturated rings. The maximum Gasteiger partial charge on any atom is 0.254 e. The monoisotopic (exact) mass is 475 g/mol. The molecule has 1 amide bonds. The van der Waals surface area contributed by atoms with Gasteiger partial charge >= 0.3 is 0 Å². The average molecular weight is 476 g/mol. The predicted molar refractivity (Wildman–Crippen MR) is 134 cm³/mol. The van der Waals surface area contributed by atoms with Gasteiger partial charge in [-0.05, 0) is 69.4 Å². The minimum Gasteiger partial charge on any atom is -0.454 e. The standard InChI is InChI=1S/C28H33N3O4/c1-29(2)13-5-6-20-7-9-21(10-8-20)27-23-17-30(14-3-4-15-31(23)24(27)18-32)28(33)22-11-12-25-26(16-22)35-19-34-25/h7-12,16,23-24,27,32H,3-4,13-15,17-19H2,1-2H3/t23-,24-,27+/m1/s1. The van der Waals surface area contributed by atoms with Crippen LogP contribution in [0, 0.1) is 11.8 Å². The normalized spacial score (nSPS) is 23.5. The minimum atomic E-state index is 0.0165. The van der Waals surface area contributed by atoms with Crippen molar-refractivity contribution in [3.8, 4) is 23.3 Å². The summed E-state index contributed by atoms with van der Waals surface area (Å²) in [5.74, 6) is 7.88. The fourth-order valence-corrected chi connectivity index (χ4v) is 5.43. The fourth-order valence-electron chi connectivity index (χ4n) is 5.43. The van der Waals surface area contributed by atoms with Gasteiger partial charge in [0, 0.05) is 42.2 Å². The lowest BCUT2D eigenvalue weighted by molar-refractivity contribution is -0.0606. The second-order valence-corrected chi connectivity index (χ2v) is 9.77. The molecule has 3 heterocycles. The highest BCUT2D eigenvalue weighted by Gasteiger charge is 2.49. The maximum absolute atomic E-state index is 13.5. The Balaban J connectivity index is 1.34. The third-order valence-electron chi connectivity index (χ3n) is 7.20. The van der Waals surface area contributed by atoms with Gasteiger partial charge in [-0.25, -0.2) is 0 Å². The highest BCUT2D eigenvalue weighted by atomic mass is 16.7. The Morgan fingerprint density at radius 3 is 2.63 bits per heavy atom. The summed E-state index contributed by atoms with van der Waals surface area (Å²) in [5.41, 5.74) is 2.81. The van der Waals surface area contributed by atoms with Crippen molar-refractivity contribution < 1.29 is 19.4 Å². The summed E-state index contributed by atoms with van der Waals surface area (Å²) in [6.45, 7) is 3.35. The van der Waals surface area contributed by atoms with Crippen LogP contribution in [0.3, 0.4) is 0 Å². The van der Waals surface area contributed by atoms with E-state index in [-0.39, 0.29) is 37.3 Å². The second-order valence-electron chi connectivity index (χ2n) is 9.77. The molecule has 0 saturated carbocycles. The predicted octanol–water partition coefficient (Wildman–Crippen LogP) is 2.39. The maximum atomic E-state index is 13.5. The van der Waals surface area contributed by atoms with E-state index in [9.17, 15) is 9.90 Å². The van der Waals surface area contributed by atoms with Gasteiger partial charge in [0.2, 0.25) is 6.79 Å². The average Bonchev–Trinajstić information content (AvgIpc) is 3.31. The lowest BCUT2D eigenvalue weighted by Crippen LogP contribution is -2.67. The Bertz CT molecular complexity index is 1120. The lowest BCUT2D eigenvalue weighted by atomic mass is 9.74. The Labute approximate surface area is 207 Å². The number of ether oxygens (including phenoxy) is 2. The van der Waals surface area contributed by atoms with E-state index in [2.05, 4.69) is 41.0 Å². The van der Waals surface area contributed by atoms with Crippen LogP contribution in [0.4, 0.5) is 0 Å². The number of aliphatic hydroxyl groups is 1. The van der Waals surface area contributed by atoms with E-state index >= 15 is 0 Å². The van der Waals surface area contributed by atoms with Crippen molar-refractivity contribution in [3.05, 3.63) is 59.2 Å². The van der Waals surface area contributed by atoms with Gasteiger partial charge in [-0.15, -0.1) is 0 Å². The molecular weight excluding hydrogens is 442 g/mol. The lowest BCUT2D eigenvalue weighted by Gasteiger charge is -2.57. The molecule has 184 valence electrons. The van der Waals surface area contributed by atoms with Gasteiger partial charge in [0.15, 0.2) is 11.5 Å². The van der Waals surface area contributed by atoms with Crippen molar-refractivity contribution in [1.29, 1.82) is 0 Å². The van der Waals surface area contributed by atoms with Crippen LogP contribution in [0.25, 0.3) is 0 Å². The molecular formula is C28H33N3O4. The number of fused-ring (bicyclic) bond motifs is 2. The van der Waals surface area contributed by atoms with Gasteiger partial charge < -0.3 is 19.5 Å². The van der Waals surface area contributed by atoms with Gasteiger partial charge in [-0.3, -0.25) is 14.6 Å². The molecule has 0 aliphatic carbocycles. The molecule has 7 heteroatoms. The fraction of sp³-hybridized carbons (Fsp3) is 0.464. The molecule has 5 rings (SSSR count). The Hall–Kier alpha value is -3.05. The van der Waals surface area contributed by atoms with Crippen LogP contribution >= 0.6 is 0 Å². The van der Waals surface area contributed by atoms with Crippen molar-refractivity contribution >= 4 is 5.91 Å². The second kappa shape index (κ2) is 10.3. The zero-order valence-corrected chi connectivity index (χ0v) is 20.4. The molecule has 7 nitrogen and oxygen atoms in total. The van der Waals surface area contributed by atoms with Crippen LogP contribution in [0.1, 0.15) is 40.2 Å². The molecule has 2 aromatic rings. The van der Waals surface area contributed by atoms with E-state index in [1.54, 1.807) is 6.07 Å². The molecule has 3 atom stereocenters. The van der Waals surface area contributed by atoms with Gasteiger partial charge in [0.1, 0.15) is 0 Å². The molecule has 3 aliphatic heterocycles. The van der Waals surface area contributed by atoms with Gasteiger partial charge in [0.05, 0.1) is 13.2 Å². The summed E-state index contributed by atoms with van der Waals surface area (Å²) in [7, 11) is 4.01. The number of benzene rings is 2. The highest BCUT2D eigenvalue weighted by molar-refractivity contribution is 5.95. The van der Waals surface area contributed by atoms with Crippen molar-refractivity contribution in [2.45, 2.75) is 30.8 Å². The molecule has 0 unspecified atom stereocenters. The minimum absolute atomic E-state index is 0.0165. The molecule has 0 spiro atoms. The summed E-state index contributed by atoms with van der Waals surface area (Å²) in [5, 5.41) is 10.2. The first-order valence-electron chi connectivity index (χ1n) is 12.3. The van der Waals surface area contributed by atoms with Crippen LogP contribution in [0.15, 0.2) is 42.5 Å². The first kappa shape index (κ1) is 23.7. The molecule has 1 N–H and O–H groups in total. The molecule has 0 aromatic heterocycles. The molecule has 3 aliphatic rings. The van der Waals surface area contributed by atoms with Crippen LogP contribution in [-0.2, 0) is 0 Å². The third kappa shape index (κ3) is 4.87. The zero-order valence-electron chi connectivity index (χ0n) is 20.4. The largest absolute Gasteiger partial charge is 0.454 e. The number of carbonyl (C=O) groups is 1. The van der Waals surface area contributed by atoms with Gasteiger partial charge in [0.25, 0.3) is 5.91 Å². The number of nitrogens with zero attached hydrogens (tertiary/aromatic N) is 3. The van der Waals surface area contributed by atoms with Crippen molar-refractivity contribution in [3.63, 3.8) is 0 Å². The van der Waals surface area contributed by atoms with Gasteiger partial charge in [-0.2, -0.15) is 0 Å². The molecule has 0 radical (unpaired) electrons. The summed E-state index contributed by atoms with van der Waals surface area (Å²) in [4.78, 5) is 19.9. The van der Waals surface area contributed by atoms with E-state index in [1.165, 1.54) is 5.56 Å². The Kier molecular flexibility index (Phi) is 6.96. The van der Waals surface area contributed by atoms with E-state index in [4.69, 9.17) is 9.47 Å². The van der Waals surface area contributed by atoms with Gasteiger partial charge in [-0.1, -0.05) is 24.0 Å². The summed E-state index contributed by atoms with van der Waals surface area (Å²) in [6.07, 6.45) is 1.95. The molecule has 35 heavy (non-hydrogen) atoms. The first-order chi connectivity index (χ1) is 17.0. The topological polar surface area (TPSA) is 65.5 Å². The number of rotatable bonds is 4. The van der Waals surface area contributed by atoms with Crippen molar-refractivity contribution in [1.82, 2.24) is 14.7 Å². The van der Waals surface area contributed by atoms with Crippen LogP contribution < -0.4 is 9.47 Å². The zero-order chi connectivity index (χ0) is 24.4. The quantitative estimate of drug-likeness (QED) is 0.686. The van der Waals surface area contributed by atoms with Crippen LogP contribution in [-0.4, -0.2) is 91.5 Å². The summed E-state index contributed by atoms with van der Waals surface area (Å²) < 4.78 is 10.9. The third-order valence-corrected chi connectivity index (χ3v) is 7.20. The van der Waals surface area contributed by atoms with E-state index in [0.717, 1.165) is 38.0 Å². The summed E-state index contributed by atoms with van der Waals surface area (Å²) in [6, 6.07) is 14.1. The first-order valence-corrected chi connectivity index (χ1v) is 12.3. The van der Waals surface area contributed by atoms with E-state index in [0.29, 0.717) is 23.6 Å². The van der Waals surface area contributed by atoms with E-state index in [1.807, 2.05) is 36.0 Å². The smallest absolute Gasteiger partial charge is 0.254 e. The Morgan fingerprint density at radius 2 is 1.86 bits per heavy atom. The molecule has 2 saturated heterocycles. The van der Waals surface area contributed by atoms with Crippen LogP contribution in [0.2, 0.25) is 0 Å². The number of aliphatic hydroxyl groups excluding tert-OH is 1. The van der Waals surface area contributed by atoms with Crippen molar-refractivity contribution in [2.24, 2.45) is 0 Å². The Morgan fingerprint density at radius 1 is 1.09 bits per heavy atom. The molecule has 0 bridgehead atoms. The summed E-state index contributed by atoms with van der Waals surface area (Å²) >= 11 is 0. The number of carbonyl (C=O) groups excluding carboxylic acids is 1.